The number of primary amides is 1. The first-order valence-electron chi connectivity index (χ1n) is 7.43. The summed E-state index contributed by atoms with van der Waals surface area (Å²) in [6.45, 7) is 1.66. The third kappa shape index (κ3) is 3.00. The number of carbonyl (C=O) groups excluding carboxylic acids is 1. The Hall–Kier alpha value is -2.54. The highest BCUT2D eigenvalue weighted by molar-refractivity contribution is 5.74. The van der Waals surface area contributed by atoms with Crippen molar-refractivity contribution in [1.82, 2.24) is 15.1 Å². The number of nitrogens with zero attached hydrogens (tertiary/aromatic N) is 2. The second-order valence-electron chi connectivity index (χ2n) is 5.43. The van der Waals surface area contributed by atoms with E-state index in [9.17, 15) is 4.79 Å². The molecule has 1 aromatic heterocycles. The Labute approximate surface area is 134 Å². The van der Waals surface area contributed by atoms with Gasteiger partial charge in [0.2, 0.25) is 5.91 Å². The van der Waals surface area contributed by atoms with Crippen molar-refractivity contribution in [2.75, 3.05) is 20.8 Å². The van der Waals surface area contributed by atoms with Crippen LogP contribution in [-0.2, 0) is 24.3 Å². The van der Waals surface area contributed by atoms with E-state index in [-0.39, 0.29) is 6.54 Å². The summed E-state index contributed by atoms with van der Waals surface area (Å²) in [7, 11) is 3.22. The summed E-state index contributed by atoms with van der Waals surface area (Å²) in [6.07, 6.45) is 0.816. The van der Waals surface area contributed by atoms with E-state index < -0.39 is 5.91 Å². The van der Waals surface area contributed by atoms with Gasteiger partial charge in [-0.15, -0.1) is 0 Å². The van der Waals surface area contributed by atoms with E-state index >= 15 is 0 Å². The number of rotatable bonds is 5. The maximum atomic E-state index is 11.3. The summed E-state index contributed by atoms with van der Waals surface area (Å²) in [4.78, 5) is 11.3. The lowest BCUT2D eigenvalue weighted by atomic mass is 10.0. The number of hydrogen-bond acceptors (Lipinski definition) is 5. The van der Waals surface area contributed by atoms with E-state index in [0.29, 0.717) is 18.0 Å². The maximum Gasteiger partial charge on any atom is 0.239 e. The molecule has 0 unspecified atom stereocenters. The van der Waals surface area contributed by atoms with Gasteiger partial charge in [0.1, 0.15) is 18.0 Å². The van der Waals surface area contributed by atoms with Gasteiger partial charge in [-0.05, 0) is 12.1 Å². The summed E-state index contributed by atoms with van der Waals surface area (Å²) in [5.74, 6) is 0.992. The average molecular weight is 316 g/mol. The second kappa shape index (κ2) is 6.29. The molecule has 7 nitrogen and oxygen atoms in total. The standard InChI is InChI=1S/C16H20N4O3/c1-22-11-5-10(6-12(7-11)23-2)16-13-8-18-4-3-14(13)20(19-16)9-15(17)21/h5-7,18H,3-4,8-9H2,1-2H3,(H2,17,21). The van der Waals surface area contributed by atoms with Gasteiger partial charge in [-0.3, -0.25) is 9.48 Å². The number of aromatic nitrogens is 2. The number of fused-ring (bicyclic) bond motifs is 1. The van der Waals surface area contributed by atoms with Crippen molar-refractivity contribution in [3.05, 3.63) is 29.5 Å². The van der Waals surface area contributed by atoms with Crippen LogP contribution < -0.4 is 20.5 Å². The minimum Gasteiger partial charge on any atom is -0.497 e. The van der Waals surface area contributed by atoms with Crippen LogP contribution >= 0.6 is 0 Å². The van der Waals surface area contributed by atoms with Crippen LogP contribution in [0.4, 0.5) is 0 Å². The highest BCUT2D eigenvalue weighted by Crippen LogP contribution is 2.33. The van der Waals surface area contributed by atoms with Crippen molar-refractivity contribution in [1.29, 1.82) is 0 Å². The number of amides is 1. The predicted molar refractivity (Wildman–Crippen MR) is 85.4 cm³/mol. The van der Waals surface area contributed by atoms with Crippen LogP contribution in [-0.4, -0.2) is 36.5 Å². The van der Waals surface area contributed by atoms with Crippen molar-refractivity contribution in [3.8, 4) is 22.8 Å². The summed E-state index contributed by atoms with van der Waals surface area (Å²) in [5, 5.41) is 7.96. The van der Waals surface area contributed by atoms with Gasteiger partial charge in [-0.25, -0.2) is 0 Å². The number of methoxy groups -OCH3 is 2. The molecule has 0 saturated heterocycles. The van der Waals surface area contributed by atoms with Crippen LogP contribution in [0.1, 0.15) is 11.3 Å². The summed E-state index contributed by atoms with van der Waals surface area (Å²) in [6, 6.07) is 5.64. The molecule has 1 aromatic carbocycles. The van der Waals surface area contributed by atoms with Crippen LogP contribution in [0.5, 0.6) is 11.5 Å². The van der Waals surface area contributed by atoms with Gasteiger partial charge in [-0.1, -0.05) is 0 Å². The van der Waals surface area contributed by atoms with Crippen LogP contribution in [0, 0.1) is 0 Å². The normalized spacial score (nSPS) is 13.5. The average Bonchev–Trinajstić information content (AvgIpc) is 2.92. The third-order valence-electron chi connectivity index (χ3n) is 3.94. The minimum atomic E-state index is -0.399. The van der Waals surface area contributed by atoms with E-state index in [1.54, 1.807) is 18.9 Å². The van der Waals surface area contributed by atoms with Crippen molar-refractivity contribution < 1.29 is 14.3 Å². The second-order valence-corrected chi connectivity index (χ2v) is 5.43. The highest BCUT2D eigenvalue weighted by Gasteiger charge is 2.23. The number of ether oxygens (including phenoxy) is 2. The molecule has 0 saturated carbocycles. The lowest BCUT2D eigenvalue weighted by Crippen LogP contribution is -2.27. The molecule has 1 amide bonds. The Morgan fingerprint density at radius 3 is 2.61 bits per heavy atom. The number of nitrogens with one attached hydrogen (secondary N) is 1. The molecule has 2 heterocycles. The molecule has 0 spiro atoms. The summed E-state index contributed by atoms with van der Waals surface area (Å²) >= 11 is 0. The summed E-state index contributed by atoms with van der Waals surface area (Å²) in [5.41, 5.74) is 9.20. The molecule has 7 heteroatoms. The van der Waals surface area contributed by atoms with Crippen molar-refractivity contribution in [2.24, 2.45) is 5.73 Å². The Morgan fingerprint density at radius 1 is 1.30 bits per heavy atom. The zero-order valence-electron chi connectivity index (χ0n) is 13.3. The van der Waals surface area contributed by atoms with Gasteiger partial charge < -0.3 is 20.5 Å². The first kappa shape index (κ1) is 15.4. The van der Waals surface area contributed by atoms with Gasteiger partial charge in [0.25, 0.3) is 0 Å². The molecule has 2 aromatic rings. The third-order valence-corrected chi connectivity index (χ3v) is 3.94. The molecule has 1 aliphatic rings. The molecule has 3 N–H and O–H groups in total. The Kier molecular flexibility index (Phi) is 4.20. The highest BCUT2D eigenvalue weighted by atomic mass is 16.5. The lowest BCUT2D eigenvalue weighted by Gasteiger charge is -2.15. The fraction of sp³-hybridized carbons (Fsp3) is 0.375. The van der Waals surface area contributed by atoms with Crippen LogP contribution in [0.15, 0.2) is 18.2 Å². The monoisotopic (exact) mass is 316 g/mol. The lowest BCUT2D eigenvalue weighted by molar-refractivity contribution is -0.118. The molecule has 1 aliphatic heterocycles. The van der Waals surface area contributed by atoms with E-state index in [2.05, 4.69) is 10.4 Å². The fourth-order valence-electron chi connectivity index (χ4n) is 2.87. The van der Waals surface area contributed by atoms with Crippen molar-refractivity contribution >= 4 is 5.91 Å². The number of nitrogens with two attached hydrogens (primary N) is 1. The smallest absolute Gasteiger partial charge is 0.239 e. The Balaban J connectivity index is 2.12. The van der Waals surface area contributed by atoms with E-state index in [1.807, 2.05) is 18.2 Å². The quantitative estimate of drug-likeness (QED) is 0.847. The molecular formula is C16H20N4O3. The molecule has 0 atom stereocenters. The summed E-state index contributed by atoms with van der Waals surface area (Å²) < 4.78 is 12.4. The zero-order chi connectivity index (χ0) is 16.4. The van der Waals surface area contributed by atoms with Gasteiger partial charge in [-0.2, -0.15) is 5.10 Å². The molecule has 0 aliphatic carbocycles. The first-order chi connectivity index (χ1) is 11.1. The molecular weight excluding hydrogens is 296 g/mol. The number of carbonyl (C=O) groups is 1. The first-order valence-corrected chi connectivity index (χ1v) is 7.43. The van der Waals surface area contributed by atoms with Gasteiger partial charge in [0.05, 0.1) is 19.9 Å². The molecule has 23 heavy (non-hydrogen) atoms. The van der Waals surface area contributed by atoms with Crippen molar-refractivity contribution in [3.63, 3.8) is 0 Å². The van der Waals surface area contributed by atoms with Crippen molar-refractivity contribution in [2.45, 2.75) is 19.5 Å². The minimum absolute atomic E-state index is 0.0867. The number of hydrogen-bond donors (Lipinski definition) is 2. The van der Waals surface area contributed by atoms with Crippen LogP contribution in [0.3, 0.4) is 0 Å². The van der Waals surface area contributed by atoms with E-state index in [4.69, 9.17) is 15.2 Å². The van der Waals surface area contributed by atoms with Gasteiger partial charge in [0.15, 0.2) is 0 Å². The van der Waals surface area contributed by atoms with Crippen LogP contribution in [0.25, 0.3) is 11.3 Å². The molecule has 0 bridgehead atoms. The Bertz CT molecular complexity index is 717. The van der Waals surface area contributed by atoms with Gasteiger partial charge >= 0.3 is 0 Å². The zero-order valence-corrected chi connectivity index (χ0v) is 13.3. The topological polar surface area (TPSA) is 91.4 Å². The van der Waals surface area contributed by atoms with Crippen LogP contribution in [0.2, 0.25) is 0 Å². The van der Waals surface area contributed by atoms with E-state index in [1.165, 1.54) is 0 Å². The SMILES string of the molecule is COc1cc(OC)cc(-c2nn(CC(N)=O)c3c2CNCC3)c1. The largest absolute Gasteiger partial charge is 0.497 e. The predicted octanol–water partition coefficient (Wildman–Crippen LogP) is 0.698. The molecule has 122 valence electrons. The maximum absolute atomic E-state index is 11.3. The number of benzene rings is 1. The van der Waals surface area contributed by atoms with Gasteiger partial charge in [0, 0.05) is 42.4 Å². The Morgan fingerprint density at radius 2 is 2.00 bits per heavy atom. The molecule has 3 rings (SSSR count). The molecule has 0 radical (unpaired) electrons. The fourth-order valence-corrected chi connectivity index (χ4v) is 2.87. The molecule has 0 fully saturated rings. The van der Waals surface area contributed by atoms with E-state index in [0.717, 1.165) is 35.5 Å².